The van der Waals surface area contributed by atoms with E-state index in [1.807, 2.05) is 12.3 Å². The Morgan fingerprint density at radius 1 is 1.58 bits per heavy atom. The van der Waals surface area contributed by atoms with Crippen LogP contribution in [0.3, 0.4) is 0 Å². The van der Waals surface area contributed by atoms with Gasteiger partial charge in [-0.25, -0.2) is 14.8 Å². The molecule has 0 atom stereocenters. The Morgan fingerprint density at radius 3 is 3.00 bits per heavy atom. The number of ether oxygens (including phenoxy) is 1. The number of nitrogens with zero attached hydrogens (tertiary/aromatic N) is 3. The van der Waals surface area contributed by atoms with Crippen LogP contribution in [0.2, 0.25) is 0 Å². The van der Waals surface area contributed by atoms with E-state index in [0.717, 1.165) is 17.1 Å². The van der Waals surface area contributed by atoms with Crippen molar-refractivity contribution >= 4 is 23.1 Å². The van der Waals surface area contributed by atoms with Crippen LogP contribution in [0, 0.1) is 6.92 Å². The van der Waals surface area contributed by atoms with E-state index in [4.69, 9.17) is 10.5 Å². The van der Waals surface area contributed by atoms with Crippen LogP contribution in [-0.4, -0.2) is 27.1 Å². The Morgan fingerprint density at radius 2 is 2.37 bits per heavy atom. The molecule has 2 rings (SSSR count). The number of esters is 1. The van der Waals surface area contributed by atoms with Crippen molar-refractivity contribution in [3.63, 3.8) is 0 Å². The van der Waals surface area contributed by atoms with Crippen LogP contribution in [0.15, 0.2) is 11.7 Å². The van der Waals surface area contributed by atoms with Crippen LogP contribution in [-0.2, 0) is 17.7 Å². The fourth-order valence-corrected chi connectivity index (χ4v) is 2.33. The highest BCUT2D eigenvalue weighted by atomic mass is 32.1. The van der Waals surface area contributed by atoms with Crippen molar-refractivity contribution < 1.29 is 9.53 Å². The molecule has 0 bridgehead atoms. The van der Waals surface area contributed by atoms with Crippen LogP contribution in [0.1, 0.15) is 28.1 Å². The summed E-state index contributed by atoms with van der Waals surface area (Å²) in [6.45, 7) is 4.67. The number of hydrogen-bond acceptors (Lipinski definition) is 6. The van der Waals surface area contributed by atoms with Crippen molar-refractivity contribution in [3.05, 3.63) is 28.1 Å². The highest BCUT2D eigenvalue weighted by Gasteiger charge is 2.16. The lowest BCUT2D eigenvalue weighted by atomic mass is 10.3. The lowest BCUT2D eigenvalue weighted by Crippen LogP contribution is -2.10. The zero-order valence-electron chi connectivity index (χ0n) is 10.9. The number of carbonyl (C=O) groups excluding carboxylic acids is 1. The Bertz CT molecular complexity index is 576. The number of imidazole rings is 1. The van der Waals surface area contributed by atoms with Gasteiger partial charge in [0, 0.05) is 18.3 Å². The number of aromatic nitrogens is 3. The Kier molecular flexibility index (Phi) is 4.16. The zero-order chi connectivity index (χ0) is 13.8. The highest BCUT2D eigenvalue weighted by molar-refractivity contribution is 7.09. The molecule has 0 radical (unpaired) electrons. The summed E-state index contributed by atoms with van der Waals surface area (Å²) < 4.78 is 6.62. The van der Waals surface area contributed by atoms with E-state index < -0.39 is 5.97 Å². The summed E-state index contributed by atoms with van der Waals surface area (Å²) in [7, 11) is 0. The van der Waals surface area contributed by atoms with Gasteiger partial charge in [0.2, 0.25) is 0 Å². The van der Waals surface area contributed by atoms with Crippen LogP contribution in [0.25, 0.3) is 0 Å². The molecule has 0 saturated heterocycles. The van der Waals surface area contributed by atoms with Gasteiger partial charge in [0.1, 0.15) is 5.82 Å². The van der Waals surface area contributed by atoms with Crippen LogP contribution >= 0.6 is 11.3 Å². The van der Waals surface area contributed by atoms with Crippen LogP contribution in [0.5, 0.6) is 0 Å². The zero-order valence-corrected chi connectivity index (χ0v) is 11.7. The Labute approximate surface area is 115 Å². The smallest absolute Gasteiger partial charge is 0.360 e. The van der Waals surface area contributed by atoms with Gasteiger partial charge in [-0.05, 0) is 13.8 Å². The number of aryl methyl sites for hydroxylation is 3. The van der Waals surface area contributed by atoms with E-state index in [9.17, 15) is 4.79 Å². The first-order chi connectivity index (χ1) is 9.11. The molecule has 0 amide bonds. The Balaban J connectivity index is 2.03. The molecule has 0 aliphatic heterocycles. The molecule has 2 heterocycles. The standard InChI is InChI=1S/C12H16N4O2S/c1-3-18-12(17)10-11(13)16(7-14-10)5-4-9-6-19-8(2)15-9/h6-7H,3-5,13H2,1-2H3. The van der Waals surface area contributed by atoms with Crippen molar-refractivity contribution in [2.75, 3.05) is 12.3 Å². The molecular formula is C12H16N4O2S. The van der Waals surface area contributed by atoms with Crippen molar-refractivity contribution in [1.29, 1.82) is 0 Å². The molecule has 0 spiro atoms. The summed E-state index contributed by atoms with van der Waals surface area (Å²) in [5.41, 5.74) is 7.08. The molecule has 6 nitrogen and oxygen atoms in total. The molecule has 0 aliphatic rings. The Hall–Kier alpha value is -1.89. The summed E-state index contributed by atoms with van der Waals surface area (Å²) in [4.78, 5) is 19.9. The molecule has 19 heavy (non-hydrogen) atoms. The number of rotatable bonds is 5. The van der Waals surface area contributed by atoms with Gasteiger partial charge in [-0.15, -0.1) is 11.3 Å². The van der Waals surface area contributed by atoms with Gasteiger partial charge < -0.3 is 15.0 Å². The number of thiazole rings is 1. The first-order valence-corrected chi connectivity index (χ1v) is 6.88. The molecule has 0 unspecified atom stereocenters. The van der Waals surface area contributed by atoms with E-state index in [-0.39, 0.29) is 5.69 Å². The van der Waals surface area contributed by atoms with Gasteiger partial charge in [-0.3, -0.25) is 0 Å². The number of nitrogens with two attached hydrogens (primary N) is 1. The van der Waals surface area contributed by atoms with Gasteiger partial charge in [0.25, 0.3) is 0 Å². The summed E-state index contributed by atoms with van der Waals surface area (Å²) in [5, 5.41) is 3.06. The fourth-order valence-electron chi connectivity index (χ4n) is 1.68. The summed E-state index contributed by atoms with van der Waals surface area (Å²) in [6.07, 6.45) is 2.31. The molecule has 0 aliphatic carbocycles. The second-order valence-electron chi connectivity index (χ2n) is 4.00. The largest absolute Gasteiger partial charge is 0.461 e. The van der Waals surface area contributed by atoms with Crippen molar-refractivity contribution in [3.8, 4) is 0 Å². The monoisotopic (exact) mass is 280 g/mol. The van der Waals surface area contributed by atoms with Gasteiger partial charge >= 0.3 is 5.97 Å². The summed E-state index contributed by atoms with van der Waals surface area (Å²) in [6, 6.07) is 0. The number of hydrogen-bond donors (Lipinski definition) is 1. The maximum absolute atomic E-state index is 11.6. The minimum atomic E-state index is -0.483. The molecule has 0 saturated carbocycles. The van der Waals surface area contributed by atoms with E-state index in [1.54, 1.807) is 29.2 Å². The molecule has 2 N–H and O–H groups in total. The highest BCUT2D eigenvalue weighted by Crippen LogP contribution is 2.14. The number of anilines is 1. The second-order valence-corrected chi connectivity index (χ2v) is 5.06. The fraction of sp³-hybridized carbons (Fsp3) is 0.417. The third-order valence-electron chi connectivity index (χ3n) is 2.62. The first kappa shape index (κ1) is 13.5. The quantitative estimate of drug-likeness (QED) is 0.842. The lowest BCUT2D eigenvalue weighted by Gasteiger charge is -2.04. The van der Waals surface area contributed by atoms with Crippen molar-refractivity contribution in [2.45, 2.75) is 26.8 Å². The van der Waals surface area contributed by atoms with Gasteiger partial charge in [0.05, 0.1) is 23.6 Å². The first-order valence-electron chi connectivity index (χ1n) is 6.00. The molecular weight excluding hydrogens is 264 g/mol. The topological polar surface area (TPSA) is 83.0 Å². The maximum Gasteiger partial charge on any atom is 0.360 e. The number of nitrogen functional groups attached to an aromatic ring is 1. The normalized spacial score (nSPS) is 10.6. The van der Waals surface area contributed by atoms with E-state index in [2.05, 4.69) is 9.97 Å². The predicted molar refractivity (Wildman–Crippen MR) is 73.2 cm³/mol. The molecule has 102 valence electrons. The minimum absolute atomic E-state index is 0.177. The van der Waals surface area contributed by atoms with E-state index in [1.165, 1.54) is 0 Å². The maximum atomic E-state index is 11.6. The molecule has 0 fully saturated rings. The minimum Gasteiger partial charge on any atom is -0.461 e. The second kappa shape index (κ2) is 5.83. The van der Waals surface area contributed by atoms with E-state index >= 15 is 0 Å². The molecule has 0 aromatic carbocycles. The van der Waals surface area contributed by atoms with Crippen LogP contribution < -0.4 is 5.73 Å². The average molecular weight is 280 g/mol. The third kappa shape index (κ3) is 3.11. The summed E-state index contributed by atoms with van der Waals surface area (Å²) >= 11 is 1.62. The van der Waals surface area contributed by atoms with Crippen LogP contribution in [0.4, 0.5) is 5.82 Å². The third-order valence-corrected chi connectivity index (χ3v) is 3.44. The SMILES string of the molecule is CCOC(=O)c1ncn(CCc2csc(C)n2)c1N. The molecule has 7 heteroatoms. The predicted octanol–water partition coefficient (Wildman–Crippen LogP) is 1.65. The lowest BCUT2D eigenvalue weighted by molar-refractivity contribution is 0.0521. The number of carbonyl (C=O) groups is 1. The van der Waals surface area contributed by atoms with Gasteiger partial charge in [0.15, 0.2) is 5.69 Å². The van der Waals surface area contributed by atoms with Gasteiger partial charge in [-0.1, -0.05) is 0 Å². The van der Waals surface area contributed by atoms with Crippen molar-refractivity contribution in [1.82, 2.24) is 14.5 Å². The van der Waals surface area contributed by atoms with E-state index in [0.29, 0.717) is 19.0 Å². The molecule has 2 aromatic rings. The summed E-state index contributed by atoms with van der Waals surface area (Å²) in [5.74, 6) is -0.145. The van der Waals surface area contributed by atoms with Gasteiger partial charge in [-0.2, -0.15) is 0 Å². The average Bonchev–Trinajstić information content (AvgIpc) is 2.94. The molecule has 2 aromatic heterocycles. The van der Waals surface area contributed by atoms with Crippen molar-refractivity contribution in [2.24, 2.45) is 0 Å².